The van der Waals surface area contributed by atoms with E-state index in [1.807, 2.05) is 6.92 Å². The molecule has 2 atom stereocenters. The van der Waals surface area contributed by atoms with Crippen LogP contribution in [0.2, 0.25) is 0 Å². The van der Waals surface area contributed by atoms with E-state index in [1.165, 1.54) is 0 Å². The molecule has 118 valence electrons. The highest BCUT2D eigenvalue weighted by atomic mass is 16.4. The predicted octanol–water partition coefficient (Wildman–Crippen LogP) is 2.73. The first-order valence-corrected chi connectivity index (χ1v) is 7.77. The third kappa shape index (κ3) is 5.06. The van der Waals surface area contributed by atoms with Crippen molar-refractivity contribution in [1.29, 1.82) is 0 Å². The van der Waals surface area contributed by atoms with E-state index in [2.05, 4.69) is 45.0 Å². The summed E-state index contributed by atoms with van der Waals surface area (Å²) in [6.45, 7) is 11.7. The second-order valence-electron chi connectivity index (χ2n) is 7.68. The predicted molar refractivity (Wildman–Crippen MR) is 83.0 cm³/mol. The van der Waals surface area contributed by atoms with Gasteiger partial charge in [-0.3, -0.25) is 10.1 Å². The molecule has 2 N–H and O–H groups in total. The Balaban J connectivity index is 2.42. The number of nitrogens with zero attached hydrogens (tertiary/aromatic N) is 1. The van der Waals surface area contributed by atoms with Crippen LogP contribution in [-0.4, -0.2) is 47.2 Å². The molecular formula is C16H32N2O2. The zero-order chi connectivity index (χ0) is 15.6. The fourth-order valence-electron chi connectivity index (χ4n) is 2.46. The van der Waals surface area contributed by atoms with Crippen molar-refractivity contribution < 1.29 is 9.90 Å². The average molecular weight is 284 g/mol. The number of carbonyl (C=O) groups is 1. The number of aliphatic carboxylic acids is 1. The van der Waals surface area contributed by atoms with Gasteiger partial charge in [-0.1, -0.05) is 20.8 Å². The van der Waals surface area contributed by atoms with Crippen LogP contribution in [0.25, 0.3) is 0 Å². The lowest BCUT2D eigenvalue weighted by molar-refractivity contribution is -0.144. The zero-order valence-corrected chi connectivity index (χ0v) is 14.0. The quantitative estimate of drug-likeness (QED) is 0.719. The Morgan fingerprint density at radius 2 is 1.90 bits per heavy atom. The molecule has 20 heavy (non-hydrogen) atoms. The molecule has 0 spiro atoms. The first kappa shape index (κ1) is 17.4. The Morgan fingerprint density at radius 3 is 2.30 bits per heavy atom. The maximum Gasteiger partial charge on any atom is 0.323 e. The molecule has 0 bridgehead atoms. The van der Waals surface area contributed by atoms with Crippen molar-refractivity contribution in [3.8, 4) is 0 Å². The van der Waals surface area contributed by atoms with Crippen LogP contribution in [0.3, 0.4) is 0 Å². The number of hydrogen-bond donors (Lipinski definition) is 2. The SMILES string of the molecule is CC(N(C)CCCC(C)(NC1CC1)C(=O)O)C(C)(C)C. The largest absolute Gasteiger partial charge is 0.480 e. The van der Waals surface area contributed by atoms with Crippen molar-refractivity contribution >= 4 is 5.97 Å². The van der Waals surface area contributed by atoms with Crippen LogP contribution in [0.1, 0.15) is 60.3 Å². The fourth-order valence-corrected chi connectivity index (χ4v) is 2.46. The molecule has 0 radical (unpaired) electrons. The van der Waals surface area contributed by atoms with Crippen LogP contribution in [-0.2, 0) is 4.79 Å². The fraction of sp³-hybridized carbons (Fsp3) is 0.938. The first-order valence-electron chi connectivity index (χ1n) is 7.77. The Bertz CT molecular complexity index is 334. The summed E-state index contributed by atoms with van der Waals surface area (Å²) in [7, 11) is 2.13. The van der Waals surface area contributed by atoms with E-state index in [4.69, 9.17) is 0 Å². The zero-order valence-electron chi connectivity index (χ0n) is 14.0. The van der Waals surface area contributed by atoms with Crippen LogP contribution in [0, 0.1) is 5.41 Å². The van der Waals surface area contributed by atoms with Crippen LogP contribution in [0.5, 0.6) is 0 Å². The van der Waals surface area contributed by atoms with Gasteiger partial charge in [0.1, 0.15) is 5.54 Å². The van der Waals surface area contributed by atoms with E-state index in [0.29, 0.717) is 18.5 Å². The lowest BCUT2D eigenvalue weighted by Crippen LogP contribution is -2.51. The van der Waals surface area contributed by atoms with Gasteiger partial charge in [-0.25, -0.2) is 0 Å². The molecule has 4 heteroatoms. The van der Waals surface area contributed by atoms with Crippen LogP contribution in [0.15, 0.2) is 0 Å². The topological polar surface area (TPSA) is 52.6 Å². The summed E-state index contributed by atoms with van der Waals surface area (Å²) in [5, 5.41) is 12.7. The molecular weight excluding hydrogens is 252 g/mol. The Hall–Kier alpha value is -0.610. The minimum absolute atomic E-state index is 0.247. The van der Waals surface area contributed by atoms with Gasteiger partial charge in [-0.2, -0.15) is 0 Å². The molecule has 1 fully saturated rings. The van der Waals surface area contributed by atoms with Gasteiger partial charge in [-0.15, -0.1) is 0 Å². The van der Waals surface area contributed by atoms with Gasteiger partial charge >= 0.3 is 5.97 Å². The van der Waals surface area contributed by atoms with E-state index in [9.17, 15) is 9.90 Å². The number of carboxylic acids is 1. The number of rotatable bonds is 8. The molecule has 0 aromatic rings. The molecule has 0 aromatic carbocycles. The summed E-state index contributed by atoms with van der Waals surface area (Å²) in [6.07, 6.45) is 3.81. The van der Waals surface area contributed by atoms with Gasteiger partial charge in [0.2, 0.25) is 0 Å². The highest BCUT2D eigenvalue weighted by molar-refractivity contribution is 5.78. The molecule has 0 aromatic heterocycles. The minimum atomic E-state index is -0.771. The van der Waals surface area contributed by atoms with Gasteiger partial charge in [0.15, 0.2) is 0 Å². The summed E-state index contributed by atoms with van der Waals surface area (Å²) in [5.74, 6) is -0.726. The molecule has 0 amide bonds. The van der Waals surface area contributed by atoms with Crippen LogP contribution in [0.4, 0.5) is 0 Å². The lowest BCUT2D eigenvalue weighted by atomic mass is 9.87. The van der Waals surface area contributed by atoms with Crippen LogP contribution >= 0.6 is 0 Å². The molecule has 0 heterocycles. The summed E-state index contributed by atoms with van der Waals surface area (Å²) < 4.78 is 0. The minimum Gasteiger partial charge on any atom is -0.480 e. The molecule has 2 unspecified atom stereocenters. The Labute approximate surface area is 123 Å². The third-order valence-corrected chi connectivity index (χ3v) is 4.67. The molecule has 0 aliphatic heterocycles. The Morgan fingerprint density at radius 1 is 1.35 bits per heavy atom. The lowest BCUT2D eigenvalue weighted by Gasteiger charge is -2.36. The van der Waals surface area contributed by atoms with Crippen molar-refractivity contribution in [1.82, 2.24) is 10.2 Å². The van der Waals surface area contributed by atoms with Crippen molar-refractivity contribution in [3.05, 3.63) is 0 Å². The smallest absolute Gasteiger partial charge is 0.323 e. The third-order valence-electron chi connectivity index (χ3n) is 4.67. The number of nitrogens with one attached hydrogen (secondary N) is 1. The maximum atomic E-state index is 11.5. The van der Waals surface area contributed by atoms with Gasteiger partial charge in [0.25, 0.3) is 0 Å². The standard InChI is InChI=1S/C16H32N2O2/c1-12(15(2,3)4)18(6)11-7-10-16(5,14(19)20)17-13-8-9-13/h12-13,17H,7-11H2,1-6H3,(H,19,20). The van der Waals surface area contributed by atoms with Crippen molar-refractivity contribution in [3.63, 3.8) is 0 Å². The molecule has 1 rings (SSSR count). The summed E-state index contributed by atoms with van der Waals surface area (Å²) in [6, 6.07) is 0.900. The normalized spacial score (nSPS) is 20.8. The van der Waals surface area contributed by atoms with E-state index in [0.717, 1.165) is 25.8 Å². The van der Waals surface area contributed by atoms with E-state index in [-0.39, 0.29) is 5.41 Å². The van der Waals surface area contributed by atoms with Crippen molar-refractivity contribution in [2.45, 2.75) is 77.9 Å². The summed E-state index contributed by atoms with van der Waals surface area (Å²) >= 11 is 0. The van der Waals surface area contributed by atoms with Gasteiger partial charge < -0.3 is 10.0 Å². The van der Waals surface area contributed by atoms with Gasteiger partial charge in [-0.05, 0) is 58.5 Å². The van der Waals surface area contributed by atoms with Crippen molar-refractivity contribution in [2.24, 2.45) is 5.41 Å². The van der Waals surface area contributed by atoms with Crippen molar-refractivity contribution in [2.75, 3.05) is 13.6 Å². The summed E-state index contributed by atoms with van der Waals surface area (Å²) in [4.78, 5) is 13.8. The highest BCUT2D eigenvalue weighted by Gasteiger charge is 2.38. The van der Waals surface area contributed by atoms with Gasteiger partial charge in [0.05, 0.1) is 0 Å². The average Bonchev–Trinajstić information content (AvgIpc) is 3.10. The van der Waals surface area contributed by atoms with Crippen LogP contribution < -0.4 is 5.32 Å². The number of carboxylic acid groups (broad SMARTS) is 1. The molecule has 1 aliphatic carbocycles. The Kier molecular flexibility index (Phi) is 5.61. The maximum absolute atomic E-state index is 11.5. The monoisotopic (exact) mass is 284 g/mol. The number of hydrogen-bond acceptors (Lipinski definition) is 3. The molecule has 0 saturated heterocycles. The highest BCUT2D eigenvalue weighted by Crippen LogP contribution is 2.26. The molecule has 4 nitrogen and oxygen atoms in total. The molecule has 1 aliphatic rings. The second-order valence-corrected chi connectivity index (χ2v) is 7.68. The second kappa shape index (κ2) is 6.44. The summed E-state index contributed by atoms with van der Waals surface area (Å²) in [5.41, 5.74) is -0.524. The molecule has 1 saturated carbocycles. The first-order chi connectivity index (χ1) is 9.06. The van der Waals surface area contributed by atoms with Gasteiger partial charge in [0, 0.05) is 12.1 Å². The van der Waals surface area contributed by atoms with E-state index >= 15 is 0 Å². The van der Waals surface area contributed by atoms with E-state index in [1.54, 1.807) is 0 Å². The van der Waals surface area contributed by atoms with E-state index < -0.39 is 11.5 Å².